The van der Waals surface area contributed by atoms with Crippen LogP contribution in [0.25, 0.3) is 0 Å². The van der Waals surface area contributed by atoms with Gasteiger partial charge < -0.3 is 15.7 Å². The highest BCUT2D eigenvalue weighted by atomic mass is 16.4. The van der Waals surface area contributed by atoms with Crippen LogP contribution in [0, 0.1) is 0 Å². The number of carboxylic acids is 1. The molecule has 0 aliphatic heterocycles. The summed E-state index contributed by atoms with van der Waals surface area (Å²) in [4.78, 5) is 22.5. The third kappa shape index (κ3) is 6.27. The fourth-order valence-corrected chi connectivity index (χ4v) is 2.22. The molecule has 1 aliphatic carbocycles. The highest BCUT2D eigenvalue weighted by molar-refractivity contribution is 5.82. The molecule has 108 valence electrons. The van der Waals surface area contributed by atoms with Crippen molar-refractivity contribution in [3.63, 3.8) is 0 Å². The third-order valence-electron chi connectivity index (χ3n) is 3.30. The lowest BCUT2D eigenvalue weighted by Crippen LogP contribution is -2.46. The van der Waals surface area contributed by atoms with Gasteiger partial charge in [0.1, 0.15) is 6.04 Å². The molecule has 0 saturated heterocycles. The Bertz CT molecular complexity index is 340. The number of allylic oxidation sites excluding steroid dienone is 1. The Hall–Kier alpha value is -1.52. The van der Waals surface area contributed by atoms with Gasteiger partial charge in [-0.3, -0.25) is 0 Å². The van der Waals surface area contributed by atoms with Crippen LogP contribution < -0.4 is 10.6 Å². The molecule has 19 heavy (non-hydrogen) atoms. The summed E-state index contributed by atoms with van der Waals surface area (Å²) >= 11 is 0. The van der Waals surface area contributed by atoms with Gasteiger partial charge in [-0.2, -0.15) is 0 Å². The van der Waals surface area contributed by atoms with Gasteiger partial charge >= 0.3 is 12.0 Å². The Morgan fingerprint density at radius 1 is 1.42 bits per heavy atom. The molecule has 0 bridgehead atoms. The Morgan fingerprint density at radius 2 is 2.21 bits per heavy atom. The first-order valence-electron chi connectivity index (χ1n) is 7.08. The highest BCUT2D eigenvalue weighted by Crippen LogP contribution is 2.19. The van der Waals surface area contributed by atoms with E-state index in [0.717, 1.165) is 25.7 Å². The number of carbonyl (C=O) groups excluding carboxylic acids is 1. The summed E-state index contributed by atoms with van der Waals surface area (Å²) in [7, 11) is 0. The van der Waals surface area contributed by atoms with Crippen LogP contribution in [-0.2, 0) is 4.79 Å². The van der Waals surface area contributed by atoms with Crippen LogP contribution >= 0.6 is 0 Å². The molecule has 1 unspecified atom stereocenters. The number of hydrogen-bond acceptors (Lipinski definition) is 2. The van der Waals surface area contributed by atoms with Gasteiger partial charge in [-0.25, -0.2) is 9.59 Å². The zero-order chi connectivity index (χ0) is 14.1. The van der Waals surface area contributed by atoms with Crippen molar-refractivity contribution in [1.82, 2.24) is 10.6 Å². The lowest BCUT2D eigenvalue weighted by atomic mass is 9.97. The number of amides is 2. The second kappa shape index (κ2) is 8.56. The SMILES string of the molecule is CCCC(NC(=O)NCCC1=CCCCC1)C(=O)O. The second-order valence-electron chi connectivity index (χ2n) is 4.94. The molecule has 1 rings (SSSR count). The molecule has 5 nitrogen and oxygen atoms in total. The lowest BCUT2D eigenvalue weighted by molar-refractivity contribution is -0.139. The topological polar surface area (TPSA) is 78.4 Å². The highest BCUT2D eigenvalue weighted by Gasteiger charge is 2.18. The van der Waals surface area contributed by atoms with Gasteiger partial charge in [-0.05, 0) is 38.5 Å². The summed E-state index contributed by atoms with van der Waals surface area (Å²) in [5.74, 6) is -0.980. The minimum atomic E-state index is -0.980. The van der Waals surface area contributed by atoms with E-state index in [2.05, 4.69) is 16.7 Å². The quantitative estimate of drug-likeness (QED) is 0.620. The minimum absolute atomic E-state index is 0.391. The van der Waals surface area contributed by atoms with Crippen molar-refractivity contribution in [2.24, 2.45) is 0 Å². The van der Waals surface area contributed by atoms with Crippen molar-refractivity contribution in [1.29, 1.82) is 0 Å². The fourth-order valence-electron chi connectivity index (χ4n) is 2.22. The van der Waals surface area contributed by atoms with Gasteiger partial charge in [-0.15, -0.1) is 0 Å². The van der Waals surface area contributed by atoms with Crippen LogP contribution in [0.3, 0.4) is 0 Å². The number of nitrogens with one attached hydrogen (secondary N) is 2. The maximum absolute atomic E-state index is 11.6. The number of rotatable bonds is 7. The van der Waals surface area contributed by atoms with E-state index in [0.29, 0.717) is 13.0 Å². The molecule has 0 saturated carbocycles. The average Bonchev–Trinajstić information content (AvgIpc) is 2.39. The molecule has 0 heterocycles. The summed E-state index contributed by atoms with van der Waals surface area (Å²) in [5.41, 5.74) is 1.40. The van der Waals surface area contributed by atoms with Crippen LogP contribution in [0.15, 0.2) is 11.6 Å². The summed E-state index contributed by atoms with van der Waals surface area (Å²) in [6.45, 7) is 2.46. The average molecular weight is 268 g/mol. The zero-order valence-corrected chi connectivity index (χ0v) is 11.6. The molecule has 0 aromatic carbocycles. The molecular weight excluding hydrogens is 244 g/mol. The normalized spacial score (nSPS) is 16.4. The summed E-state index contributed by atoms with van der Waals surface area (Å²) < 4.78 is 0. The van der Waals surface area contributed by atoms with Gasteiger partial charge in [0.15, 0.2) is 0 Å². The van der Waals surface area contributed by atoms with Crippen molar-refractivity contribution >= 4 is 12.0 Å². The Morgan fingerprint density at radius 3 is 2.79 bits per heavy atom. The van der Waals surface area contributed by atoms with Gasteiger partial charge in [-0.1, -0.05) is 25.0 Å². The van der Waals surface area contributed by atoms with E-state index < -0.39 is 18.0 Å². The largest absolute Gasteiger partial charge is 0.480 e. The number of urea groups is 1. The molecule has 5 heteroatoms. The molecule has 2 amide bonds. The van der Waals surface area contributed by atoms with Crippen molar-refractivity contribution in [3.05, 3.63) is 11.6 Å². The first-order valence-corrected chi connectivity index (χ1v) is 7.08. The van der Waals surface area contributed by atoms with Crippen LogP contribution in [0.1, 0.15) is 51.9 Å². The van der Waals surface area contributed by atoms with Gasteiger partial charge in [0.2, 0.25) is 0 Å². The second-order valence-corrected chi connectivity index (χ2v) is 4.94. The van der Waals surface area contributed by atoms with E-state index in [9.17, 15) is 9.59 Å². The molecule has 1 atom stereocenters. The molecule has 0 radical (unpaired) electrons. The lowest BCUT2D eigenvalue weighted by Gasteiger charge is -2.15. The van der Waals surface area contributed by atoms with Crippen LogP contribution in [-0.4, -0.2) is 29.7 Å². The number of aliphatic carboxylic acids is 1. The molecule has 3 N–H and O–H groups in total. The van der Waals surface area contributed by atoms with Crippen LogP contribution in [0.4, 0.5) is 4.79 Å². The number of hydrogen-bond donors (Lipinski definition) is 3. The fraction of sp³-hybridized carbons (Fsp3) is 0.714. The van der Waals surface area contributed by atoms with Gasteiger partial charge in [0.25, 0.3) is 0 Å². The van der Waals surface area contributed by atoms with E-state index in [-0.39, 0.29) is 0 Å². The van der Waals surface area contributed by atoms with Crippen molar-refractivity contribution < 1.29 is 14.7 Å². The van der Waals surface area contributed by atoms with E-state index >= 15 is 0 Å². The molecule has 0 aromatic heterocycles. The minimum Gasteiger partial charge on any atom is -0.480 e. The van der Waals surface area contributed by atoms with Gasteiger partial charge in [0.05, 0.1) is 0 Å². The summed E-state index contributed by atoms with van der Waals surface area (Å²) in [6.07, 6.45) is 9.04. The monoisotopic (exact) mass is 268 g/mol. The van der Waals surface area contributed by atoms with Crippen molar-refractivity contribution in [3.8, 4) is 0 Å². The molecular formula is C14H24N2O3. The van der Waals surface area contributed by atoms with Crippen LogP contribution in [0.5, 0.6) is 0 Å². The first-order chi connectivity index (χ1) is 9.13. The third-order valence-corrected chi connectivity index (χ3v) is 3.30. The van der Waals surface area contributed by atoms with Crippen molar-refractivity contribution in [2.75, 3.05) is 6.54 Å². The molecule has 1 aliphatic rings. The maximum atomic E-state index is 11.6. The Kier molecular flexibility index (Phi) is 7.00. The van der Waals surface area contributed by atoms with E-state index in [1.54, 1.807) is 0 Å². The Labute approximate surface area is 114 Å². The predicted octanol–water partition coefficient (Wildman–Crippen LogP) is 2.43. The summed E-state index contributed by atoms with van der Waals surface area (Å²) in [6, 6.07) is -1.18. The number of carboxylic acid groups (broad SMARTS) is 1. The summed E-state index contributed by atoms with van der Waals surface area (Å²) in [5, 5.41) is 14.1. The first kappa shape index (κ1) is 15.5. The smallest absolute Gasteiger partial charge is 0.326 e. The number of carbonyl (C=O) groups is 2. The van der Waals surface area contributed by atoms with E-state index in [4.69, 9.17) is 5.11 Å². The molecule has 0 spiro atoms. The van der Waals surface area contributed by atoms with Gasteiger partial charge in [0, 0.05) is 6.54 Å². The Balaban J connectivity index is 2.22. The zero-order valence-electron chi connectivity index (χ0n) is 11.6. The van der Waals surface area contributed by atoms with E-state index in [1.165, 1.54) is 18.4 Å². The van der Waals surface area contributed by atoms with Crippen LogP contribution in [0.2, 0.25) is 0 Å². The molecule has 0 fully saturated rings. The molecule has 0 aromatic rings. The van der Waals surface area contributed by atoms with Crippen molar-refractivity contribution in [2.45, 2.75) is 57.9 Å². The standard InChI is InChI=1S/C14H24N2O3/c1-2-6-12(13(17)18)16-14(19)15-10-9-11-7-4-3-5-8-11/h7,12H,2-6,8-10H2,1H3,(H,17,18)(H2,15,16,19). The van der Waals surface area contributed by atoms with E-state index in [1.807, 2.05) is 6.92 Å². The predicted molar refractivity (Wildman–Crippen MR) is 74.0 cm³/mol. The maximum Gasteiger partial charge on any atom is 0.326 e.